The van der Waals surface area contributed by atoms with Gasteiger partial charge in [-0.25, -0.2) is 0 Å². The number of rotatable bonds is 6. The molecule has 0 aliphatic rings. The van der Waals surface area contributed by atoms with Crippen LogP contribution in [0.25, 0.3) is 0 Å². The molecule has 8 nitrogen and oxygen atoms in total. The van der Waals surface area contributed by atoms with E-state index in [-0.39, 0.29) is 5.69 Å². The number of nitro groups is 1. The number of aromatic nitrogens is 3. The standard InChI is InChI=1S/C14H19N5O3/c1-10-15-16-14(18(10)3)9-17(2)8-13(20)11-5-4-6-12(7-11)19(21)22/h4-7,13,20H,8-9H2,1-3H3. The topological polar surface area (TPSA) is 97.3 Å². The van der Waals surface area contributed by atoms with E-state index >= 15 is 0 Å². The van der Waals surface area contributed by atoms with Gasteiger partial charge in [0.2, 0.25) is 0 Å². The lowest BCUT2D eigenvalue weighted by Gasteiger charge is -2.20. The third kappa shape index (κ3) is 3.66. The fourth-order valence-corrected chi connectivity index (χ4v) is 2.14. The first-order valence-corrected chi connectivity index (χ1v) is 6.84. The van der Waals surface area contributed by atoms with Crippen LogP contribution in [0.2, 0.25) is 0 Å². The van der Waals surface area contributed by atoms with Gasteiger partial charge in [0, 0.05) is 25.7 Å². The van der Waals surface area contributed by atoms with Gasteiger partial charge in [-0.15, -0.1) is 10.2 Å². The minimum atomic E-state index is -0.806. The third-order valence-corrected chi connectivity index (χ3v) is 3.54. The fourth-order valence-electron chi connectivity index (χ4n) is 2.14. The predicted octanol–water partition coefficient (Wildman–Crippen LogP) is 1.20. The van der Waals surface area contributed by atoms with Gasteiger partial charge in [0.05, 0.1) is 17.6 Å². The predicted molar refractivity (Wildman–Crippen MR) is 80.1 cm³/mol. The lowest BCUT2D eigenvalue weighted by atomic mass is 10.1. The average Bonchev–Trinajstić information content (AvgIpc) is 2.79. The Morgan fingerprint density at radius 1 is 1.45 bits per heavy atom. The van der Waals surface area contributed by atoms with E-state index in [0.29, 0.717) is 18.7 Å². The smallest absolute Gasteiger partial charge is 0.269 e. The van der Waals surface area contributed by atoms with E-state index in [1.807, 2.05) is 30.5 Å². The zero-order valence-corrected chi connectivity index (χ0v) is 12.8. The van der Waals surface area contributed by atoms with E-state index in [9.17, 15) is 15.2 Å². The fraction of sp³-hybridized carbons (Fsp3) is 0.429. The SMILES string of the molecule is Cc1nnc(CN(C)CC(O)c2cccc([N+](=O)[O-])c2)n1C. The second kappa shape index (κ2) is 6.63. The van der Waals surface area contributed by atoms with E-state index in [1.54, 1.807) is 12.1 Å². The summed E-state index contributed by atoms with van der Waals surface area (Å²) in [6.45, 7) is 2.74. The molecule has 118 valence electrons. The number of benzene rings is 1. The number of aryl methyl sites for hydroxylation is 1. The maximum absolute atomic E-state index is 10.8. The average molecular weight is 305 g/mol. The number of hydrogen-bond donors (Lipinski definition) is 1. The van der Waals surface area contributed by atoms with E-state index in [2.05, 4.69) is 10.2 Å². The van der Waals surface area contributed by atoms with Crippen LogP contribution >= 0.6 is 0 Å². The minimum absolute atomic E-state index is 0.0249. The maximum Gasteiger partial charge on any atom is 0.269 e. The van der Waals surface area contributed by atoms with Gasteiger partial charge in [0.1, 0.15) is 11.6 Å². The molecular formula is C14H19N5O3. The van der Waals surface area contributed by atoms with Crippen molar-refractivity contribution in [2.45, 2.75) is 19.6 Å². The Bertz CT molecular complexity index is 670. The van der Waals surface area contributed by atoms with Crippen molar-refractivity contribution >= 4 is 5.69 Å². The first-order valence-electron chi connectivity index (χ1n) is 6.84. The van der Waals surface area contributed by atoms with Gasteiger partial charge in [0.25, 0.3) is 5.69 Å². The van der Waals surface area contributed by atoms with Gasteiger partial charge in [0.15, 0.2) is 0 Å². The van der Waals surface area contributed by atoms with Crippen molar-refractivity contribution in [3.05, 3.63) is 51.6 Å². The number of aliphatic hydroxyl groups is 1. The highest BCUT2D eigenvalue weighted by atomic mass is 16.6. The van der Waals surface area contributed by atoms with Crippen LogP contribution in [0, 0.1) is 17.0 Å². The van der Waals surface area contributed by atoms with Crippen LogP contribution in [0.4, 0.5) is 5.69 Å². The van der Waals surface area contributed by atoms with E-state index in [1.165, 1.54) is 12.1 Å². The van der Waals surface area contributed by atoms with E-state index in [4.69, 9.17) is 0 Å². The molecule has 0 spiro atoms. The molecule has 1 atom stereocenters. The number of hydrogen-bond acceptors (Lipinski definition) is 6. The van der Waals surface area contributed by atoms with Gasteiger partial charge < -0.3 is 9.67 Å². The molecule has 1 aromatic heterocycles. The molecule has 0 saturated carbocycles. The molecule has 1 aromatic carbocycles. The van der Waals surface area contributed by atoms with Crippen molar-refractivity contribution in [1.29, 1.82) is 0 Å². The van der Waals surface area contributed by atoms with Crippen molar-refractivity contribution in [1.82, 2.24) is 19.7 Å². The molecule has 0 radical (unpaired) electrons. The molecular weight excluding hydrogens is 286 g/mol. The molecule has 1 N–H and O–H groups in total. The van der Waals surface area contributed by atoms with Crippen LogP contribution in [0.5, 0.6) is 0 Å². The lowest BCUT2D eigenvalue weighted by Crippen LogP contribution is -2.25. The highest BCUT2D eigenvalue weighted by Crippen LogP contribution is 2.20. The van der Waals surface area contributed by atoms with Crippen molar-refractivity contribution < 1.29 is 10.0 Å². The van der Waals surface area contributed by atoms with Gasteiger partial charge in [-0.1, -0.05) is 12.1 Å². The first-order chi connectivity index (χ1) is 10.4. The minimum Gasteiger partial charge on any atom is -0.387 e. The second-order valence-electron chi connectivity index (χ2n) is 5.29. The molecule has 22 heavy (non-hydrogen) atoms. The Morgan fingerprint density at radius 2 is 2.18 bits per heavy atom. The summed E-state index contributed by atoms with van der Waals surface area (Å²) in [5, 5.41) is 29.1. The summed E-state index contributed by atoms with van der Waals surface area (Å²) in [7, 11) is 3.74. The highest BCUT2D eigenvalue weighted by molar-refractivity contribution is 5.35. The van der Waals surface area contributed by atoms with Gasteiger partial charge in [-0.3, -0.25) is 15.0 Å². The third-order valence-electron chi connectivity index (χ3n) is 3.54. The molecule has 0 fully saturated rings. The van der Waals surface area contributed by atoms with Crippen molar-refractivity contribution in [3.8, 4) is 0 Å². The number of nitrogens with zero attached hydrogens (tertiary/aromatic N) is 5. The highest BCUT2D eigenvalue weighted by Gasteiger charge is 2.16. The Kier molecular flexibility index (Phi) is 4.84. The van der Waals surface area contributed by atoms with Crippen LogP contribution in [0.3, 0.4) is 0 Å². The van der Waals surface area contributed by atoms with Crippen LogP contribution in [-0.4, -0.2) is 43.3 Å². The van der Waals surface area contributed by atoms with Crippen LogP contribution in [0.1, 0.15) is 23.3 Å². The van der Waals surface area contributed by atoms with Crippen LogP contribution in [-0.2, 0) is 13.6 Å². The second-order valence-corrected chi connectivity index (χ2v) is 5.29. The molecule has 0 aliphatic heterocycles. The molecule has 0 amide bonds. The number of non-ortho nitro benzene ring substituents is 1. The first kappa shape index (κ1) is 16.1. The van der Waals surface area contributed by atoms with Crippen LogP contribution in [0.15, 0.2) is 24.3 Å². The normalized spacial score (nSPS) is 12.6. The molecule has 2 rings (SSSR count). The van der Waals surface area contributed by atoms with Crippen LogP contribution < -0.4 is 0 Å². The summed E-state index contributed by atoms with van der Waals surface area (Å²) in [6, 6.07) is 6.05. The van der Waals surface area contributed by atoms with Gasteiger partial charge in [-0.2, -0.15) is 0 Å². The molecule has 0 saturated heterocycles. The van der Waals surface area contributed by atoms with Crippen molar-refractivity contribution in [2.75, 3.05) is 13.6 Å². The molecule has 2 aromatic rings. The van der Waals surface area contributed by atoms with Crippen molar-refractivity contribution in [3.63, 3.8) is 0 Å². The van der Waals surface area contributed by atoms with E-state index in [0.717, 1.165) is 11.6 Å². The molecule has 8 heteroatoms. The quantitative estimate of drug-likeness (QED) is 0.636. The molecule has 1 unspecified atom stereocenters. The number of aliphatic hydroxyl groups excluding tert-OH is 1. The summed E-state index contributed by atoms with van der Waals surface area (Å²) in [6.07, 6.45) is -0.806. The Hall–Kier alpha value is -2.32. The summed E-state index contributed by atoms with van der Waals surface area (Å²) in [4.78, 5) is 12.2. The zero-order chi connectivity index (χ0) is 16.3. The summed E-state index contributed by atoms with van der Waals surface area (Å²) in [5.74, 6) is 1.62. The monoisotopic (exact) mass is 305 g/mol. The Morgan fingerprint density at radius 3 is 2.77 bits per heavy atom. The molecule has 0 bridgehead atoms. The zero-order valence-electron chi connectivity index (χ0n) is 12.8. The lowest BCUT2D eigenvalue weighted by molar-refractivity contribution is -0.385. The largest absolute Gasteiger partial charge is 0.387 e. The van der Waals surface area contributed by atoms with Gasteiger partial charge in [-0.05, 0) is 19.5 Å². The molecule has 0 aliphatic carbocycles. The summed E-state index contributed by atoms with van der Waals surface area (Å²) < 4.78 is 1.89. The maximum atomic E-state index is 10.8. The molecule has 1 heterocycles. The summed E-state index contributed by atoms with van der Waals surface area (Å²) >= 11 is 0. The number of likely N-dealkylation sites (N-methyl/N-ethyl adjacent to an activating group) is 1. The Balaban J connectivity index is 2.02. The summed E-state index contributed by atoms with van der Waals surface area (Å²) in [5.41, 5.74) is 0.498. The number of nitro benzene ring substituents is 1. The van der Waals surface area contributed by atoms with Crippen molar-refractivity contribution in [2.24, 2.45) is 7.05 Å². The Labute approximate surface area is 128 Å². The van der Waals surface area contributed by atoms with Gasteiger partial charge >= 0.3 is 0 Å². The van der Waals surface area contributed by atoms with E-state index < -0.39 is 11.0 Å².